The lowest BCUT2D eigenvalue weighted by atomic mass is 9.96. The lowest BCUT2D eigenvalue weighted by Gasteiger charge is -2.22. The number of aromatic amines is 1. The largest absolute Gasteiger partial charge is 0.383 e. The summed E-state index contributed by atoms with van der Waals surface area (Å²) in [5.74, 6) is 0.840. The molecule has 0 bridgehead atoms. The second-order valence-electron chi connectivity index (χ2n) is 5.60. The quantitative estimate of drug-likeness (QED) is 0.786. The third kappa shape index (κ3) is 2.76. The van der Waals surface area contributed by atoms with Crippen molar-refractivity contribution in [3.8, 4) is 0 Å². The number of piperidine rings is 1. The minimum atomic E-state index is 0.840. The highest BCUT2D eigenvalue weighted by molar-refractivity contribution is 5.94. The average molecular weight is 257 g/mol. The number of anilines is 1. The summed E-state index contributed by atoms with van der Waals surface area (Å²) in [7, 11) is 0. The van der Waals surface area contributed by atoms with E-state index in [0.29, 0.717) is 0 Å². The van der Waals surface area contributed by atoms with Crippen molar-refractivity contribution < 1.29 is 0 Å². The van der Waals surface area contributed by atoms with Gasteiger partial charge in [0, 0.05) is 23.1 Å². The zero-order valence-electron chi connectivity index (χ0n) is 11.6. The van der Waals surface area contributed by atoms with Gasteiger partial charge in [0.1, 0.15) is 0 Å². The highest BCUT2D eigenvalue weighted by Crippen LogP contribution is 2.27. The Bertz CT molecular complexity index is 538. The van der Waals surface area contributed by atoms with Gasteiger partial charge >= 0.3 is 0 Å². The number of hydrogen-bond donors (Lipinski definition) is 3. The molecule has 1 aliphatic heterocycles. The monoisotopic (exact) mass is 257 g/mol. The molecule has 0 radical (unpaired) electrons. The van der Waals surface area contributed by atoms with Crippen LogP contribution in [0.4, 0.5) is 5.69 Å². The zero-order valence-corrected chi connectivity index (χ0v) is 11.6. The summed E-state index contributed by atoms with van der Waals surface area (Å²) in [4.78, 5) is 3.44. The predicted molar refractivity (Wildman–Crippen MR) is 81.7 cm³/mol. The maximum absolute atomic E-state index is 3.62. The van der Waals surface area contributed by atoms with Crippen molar-refractivity contribution in [3.05, 3.63) is 30.0 Å². The molecule has 3 rings (SSSR count). The van der Waals surface area contributed by atoms with E-state index in [0.717, 1.165) is 12.5 Å². The standard InChI is InChI=1S/C16H23N3/c1-12-16(14-6-2-3-7-15(14)19-12)18-10-8-13-5-4-9-17-11-13/h2-3,6-7,13,17-19H,4-5,8-11H2,1H3. The molecule has 19 heavy (non-hydrogen) atoms. The molecule has 1 aromatic heterocycles. The first kappa shape index (κ1) is 12.5. The number of nitrogens with one attached hydrogen (secondary N) is 3. The van der Waals surface area contributed by atoms with Gasteiger partial charge in [-0.3, -0.25) is 0 Å². The normalized spacial score (nSPS) is 19.7. The lowest BCUT2D eigenvalue weighted by Crippen LogP contribution is -2.30. The first-order valence-electron chi connectivity index (χ1n) is 7.36. The van der Waals surface area contributed by atoms with Crippen LogP contribution in [0.5, 0.6) is 0 Å². The van der Waals surface area contributed by atoms with Gasteiger partial charge in [-0.05, 0) is 51.3 Å². The smallest absolute Gasteiger partial charge is 0.0628 e. The van der Waals surface area contributed by atoms with Crippen LogP contribution < -0.4 is 10.6 Å². The number of rotatable bonds is 4. The Morgan fingerprint density at radius 2 is 2.21 bits per heavy atom. The van der Waals surface area contributed by atoms with Crippen LogP contribution in [-0.4, -0.2) is 24.6 Å². The minimum Gasteiger partial charge on any atom is -0.383 e. The second kappa shape index (κ2) is 5.66. The summed E-state index contributed by atoms with van der Waals surface area (Å²) in [6.45, 7) is 5.60. The Morgan fingerprint density at radius 1 is 1.32 bits per heavy atom. The van der Waals surface area contributed by atoms with Gasteiger partial charge in [0.15, 0.2) is 0 Å². The molecule has 3 N–H and O–H groups in total. The zero-order chi connectivity index (χ0) is 13.1. The molecule has 1 saturated heterocycles. The predicted octanol–water partition coefficient (Wildman–Crippen LogP) is 3.28. The number of H-pyrrole nitrogens is 1. The molecule has 2 aromatic rings. The summed E-state index contributed by atoms with van der Waals surface area (Å²) in [6, 6.07) is 8.50. The maximum atomic E-state index is 3.62. The van der Waals surface area contributed by atoms with Gasteiger partial charge in [-0.2, -0.15) is 0 Å². The Hall–Kier alpha value is -1.48. The Kier molecular flexibility index (Phi) is 3.74. The minimum absolute atomic E-state index is 0.840. The van der Waals surface area contributed by atoms with Crippen LogP contribution in [0.3, 0.4) is 0 Å². The van der Waals surface area contributed by atoms with E-state index in [1.54, 1.807) is 0 Å². The van der Waals surface area contributed by atoms with Crippen molar-refractivity contribution in [3.63, 3.8) is 0 Å². The SMILES string of the molecule is Cc1[nH]c2ccccc2c1NCCC1CCCNC1. The number of fused-ring (bicyclic) bond motifs is 1. The molecule has 0 spiro atoms. The fourth-order valence-electron chi connectivity index (χ4n) is 3.08. The summed E-state index contributed by atoms with van der Waals surface area (Å²) in [6.07, 6.45) is 3.96. The van der Waals surface area contributed by atoms with E-state index < -0.39 is 0 Å². The Morgan fingerprint density at radius 3 is 3.05 bits per heavy atom. The van der Waals surface area contributed by atoms with Crippen molar-refractivity contribution in [1.82, 2.24) is 10.3 Å². The van der Waals surface area contributed by atoms with E-state index in [2.05, 4.69) is 46.8 Å². The first-order chi connectivity index (χ1) is 9.34. The van der Waals surface area contributed by atoms with Crippen molar-refractivity contribution in [1.29, 1.82) is 0 Å². The lowest BCUT2D eigenvalue weighted by molar-refractivity contribution is 0.364. The van der Waals surface area contributed by atoms with Crippen LogP contribution in [0, 0.1) is 12.8 Å². The summed E-state index contributed by atoms with van der Waals surface area (Å²) in [5, 5.41) is 8.42. The third-order valence-corrected chi connectivity index (χ3v) is 4.15. The molecular formula is C16H23N3. The Labute approximate surface area is 114 Å². The van der Waals surface area contributed by atoms with Crippen LogP contribution in [0.15, 0.2) is 24.3 Å². The Balaban J connectivity index is 1.63. The van der Waals surface area contributed by atoms with Gasteiger partial charge < -0.3 is 15.6 Å². The van der Waals surface area contributed by atoms with Crippen LogP contribution >= 0.6 is 0 Å². The van der Waals surface area contributed by atoms with Crippen molar-refractivity contribution >= 4 is 16.6 Å². The van der Waals surface area contributed by atoms with Crippen LogP contribution in [0.1, 0.15) is 25.0 Å². The van der Waals surface area contributed by atoms with Crippen LogP contribution in [-0.2, 0) is 0 Å². The van der Waals surface area contributed by atoms with E-state index >= 15 is 0 Å². The molecule has 2 heterocycles. The second-order valence-corrected chi connectivity index (χ2v) is 5.60. The van der Waals surface area contributed by atoms with Crippen LogP contribution in [0.2, 0.25) is 0 Å². The number of aryl methyl sites for hydroxylation is 1. The average Bonchev–Trinajstić information content (AvgIpc) is 2.76. The molecule has 102 valence electrons. The molecule has 3 nitrogen and oxygen atoms in total. The molecular weight excluding hydrogens is 234 g/mol. The van der Waals surface area contributed by atoms with Gasteiger partial charge in [-0.15, -0.1) is 0 Å². The van der Waals surface area contributed by atoms with Gasteiger partial charge in [-0.25, -0.2) is 0 Å². The molecule has 1 unspecified atom stereocenters. The molecule has 3 heteroatoms. The van der Waals surface area contributed by atoms with E-state index in [-0.39, 0.29) is 0 Å². The van der Waals surface area contributed by atoms with Gasteiger partial charge in [0.25, 0.3) is 0 Å². The molecule has 1 aliphatic rings. The molecule has 0 aliphatic carbocycles. The van der Waals surface area contributed by atoms with Gasteiger partial charge in [0.05, 0.1) is 5.69 Å². The summed E-state index contributed by atoms with van der Waals surface area (Å²) < 4.78 is 0. The molecule has 0 saturated carbocycles. The van der Waals surface area contributed by atoms with Gasteiger partial charge in [0.2, 0.25) is 0 Å². The van der Waals surface area contributed by atoms with Gasteiger partial charge in [-0.1, -0.05) is 18.2 Å². The van der Waals surface area contributed by atoms with Crippen molar-refractivity contribution in [2.75, 3.05) is 25.0 Å². The number of hydrogen-bond acceptors (Lipinski definition) is 2. The summed E-state index contributed by atoms with van der Waals surface area (Å²) >= 11 is 0. The van der Waals surface area contributed by atoms with E-state index in [4.69, 9.17) is 0 Å². The summed E-state index contributed by atoms with van der Waals surface area (Å²) in [5.41, 5.74) is 3.74. The fourth-order valence-corrected chi connectivity index (χ4v) is 3.08. The first-order valence-corrected chi connectivity index (χ1v) is 7.36. The van der Waals surface area contributed by atoms with E-state index in [1.807, 2.05) is 0 Å². The van der Waals surface area contributed by atoms with Crippen molar-refractivity contribution in [2.45, 2.75) is 26.2 Å². The molecule has 0 amide bonds. The molecule has 1 fully saturated rings. The van der Waals surface area contributed by atoms with E-state index in [1.165, 1.54) is 54.6 Å². The van der Waals surface area contributed by atoms with Crippen molar-refractivity contribution in [2.24, 2.45) is 5.92 Å². The fraction of sp³-hybridized carbons (Fsp3) is 0.500. The molecule has 1 aromatic carbocycles. The topological polar surface area (TPSA) is 39.9 Å². The highest BCUT2D eigenvalue weighted by Gasteiger charge is 2.13. The molecule has 1 atom stereocenters. The maximum Gasteiger partial charge on any atom is 0.0628 e. The van der Waals surface area contributed by atoms with E-state index in [9.17, 15) is 0 Å². The highest BCUT2D eigenvalue weighted by atomic mass is 14.9. The number of aromatic nitrogens is 1. The number of para-hydroxylation sites is 1. The third-order valence-electron chi connectivity index (χ3n) is 4.15. The van der Waals surface area contributed by atoms with Crippen LogP contribution in [0.25, 0.3) is 10.9 Å². The number of benzene rings is 1.